The van der Waals surface area contributed by atoms with Crippen molar-refractivity contribution in [3.05, 3.63) is 138 Å². The molecule has 10 heteroatoms. The van der Waals surface area contributed by atoms with Gasteiger partial charge in [0, 0.05) is 44.1 Å². The molecule has 0 bridgehead atoms. The van der Waals surface area contributed by atoms with Crippen molar-refractivity contribution in [3.8, 4) is 28.4 Å². The summed E-state index contributed by atoms with van der Waals surface area (Å²) in [6, 6.07) is 30.1. The molecule has 0 saturated heterocycles. The van der Waals surface area contributed by atoms with Gasteiger partial charge in [-0.05, 0) is 129 Å². The summed E-state index contributed by atoms with van der Waals surface area (Å²) in [5.74, 6) is -0.348. The molecule has 7 rings (SSSR count). The third-order valence-electron chi connectivity index (χ3n) is 14.7. The van der Waals surface area contributed by atoms with E-state index in [9.17, 15) is 14.6 Å². The van der Waals surface area contributed by atoms with Crippen LogP contribution in [0.15, 0.2) is 127 Å². The maximum atomic E-state index is 15.3. The van der Waals surface area contributed by atoms with Crippen molar-refractivity contribution >= 4 is 11.6 Å². The van der Waals surface area contributed by atoms with Crippen LogP contribution in [-0.2, 0) is 20.9 Å². The minimum Gasteiger partial charge on any atom is -0.459 e. The third-order valence-corrected chi connectivity index (χ3v) is 14.7. The summed E-state index contributed by atoms with van der Waals surface area (Å²) in [7, 11) is 0. The Morgan fingerprint density at radius 2 is 1.47 bits per heavy atom. The van der Waals surface area contributed by atoms with E-state index in [2.05, 4.69) is 49.9 Å². The summed E-state index contributed by atoms with van der Waals surface area (Å²) >= 11 is 0. The zero-order valence-corrected chi connectivity index (χ0v) is 43.5. The van der Waals surface area contributed by atoms with E-state index in [1.807, 2.05) is 68.1 Å². The van der Waals surface area contributed by atoms with Crippen LogP contribution in [0.3, 0.4) is 0 Å². The first-order valence-corrected chi connectivity index (χ1v) is 27.1. The molecular weight excluding hydrogens is 904 g/mol. The van der Waals surface area contributed by atoms with Crippen molar-refractivity contribution in [2.24, 2.45) is 22.9 Å². The number of rotatable bonds is 28. The number of hydrogen-bond acceptors (Lipinski definition) is 8. The van der Waals surface area contributed by atoms with Crippen LogP contribution in [0, 0.1) is 23.6 Å². The summed E-state index contributed by atoms with van der Waals surface area (Å²) in [5, 5.41) is 25.2. The van der Waals surface area contributed by atoms with Crippen molar-refractivity contribution < 1.29 is 38.4 Å². The van der Waals surface area contributed by atoms with Gasteiger partial charge in [-0.25, -0.2) is 4.39 Å². The number of carbonyl (C=O) groups is 1. The summed E-state index contributed by atoms with van der Waals surface area (Å²) in [4.78, 5) is 23.5. The fourth-order valence-electron chi connectivity index (χ4n) is 11.3. The highest BCUT2D eigenvalue weighted by atomic mass is 19.1. The number of amides is 1. The zero-order valence-electron chi connectivity index (χ0n) is 43.5. The summed E-state index contributed by atoms with van der Waals surface area (Å²) in [5.41, 5.74) is 5.09. The Morgan fingerprint density at radius 3 is 2.14 bits per heavy atom. The fraction of sp³-hybridized carbons (Fsp3) is 0.516. The lowest BCUT2D eigenvalue weighted by Crippen LogP contribution is -2.70. The second-order valence-electron chi connectivity index (χ2n) is 21.2. The van der Waals surface area contributed by atoms with Crippen molar-refractivity contribution in [2.45, 2.75) is 167 Å². The Morgan fingerprint density at radius 1 is 0.819 bits per heavy atom. The molecule has 0 unspecified atom stereocenters. The predicted octanol–water partition coefficient (Wildman–Crippen LogP) is 14.7. The first-order chi connectivity index (χ1) is 35.0. The molecule has 72 heavy (non-hydrogen) atoms. The normalized spacial score (nSPS) is 21.8. The Balaban J connectivity index is 1.36. The second-order valence-corrected chi connectivity index (χ2v) is 21.2. The minimum absolute atomic E-state index is 0.0254. The molecule has 0 radical (unpaired) electrons. The van der Waals surface area contributed by atoms with E-state index >= 15 is 4.79 Å². The van der Waals surface area contributed by atoms with Gasteiger partial charge in [-0.3, -0.25) is 4.79 Å². The van der Waals surface area contributed by atoms with E-state index in [-0.39, 0.29) is 62.3 Å². The van der Waals surface area contributed by atoms with Gasteiger partial charge in [0.15, 0.2) is 0 Å². The number of aliphatic hydroxyl groups excluding tert-OH is 2. The molecule has 0 spiro atoms. The Labute approximate surface area is 429 Å². The van der Waals surface area contributed by atoms with Crippen molar-refractivity contribution in [1.29, 1.82) is 0 Å². The Kier molecular flexibility index (Phi) is 20.1. The monoisotopic (exact) mass is 985 g/mol. The lowest BCUT2D eigenvalue weighted by atomic mass is 9.55. The van der Waals surface area contributed by atoms with E-state index in [1.165, 1.54) is 44.2 Å². The number of fused-ring (bicyclic) bond motifs is 2. The molecule has 1 aliphatic heterocycles. The van der Waals surface area contributed by atoms with Gasteiger partial charge in [-0.1, -0.05) is 143 Å². The van der Waals surface area contributed by atoms with Gasteiger partial charge < -0.3 is 34.2 Å². The fourth-order valence-corrected chi connectivity index (χ4v) is 11.3. The number of hydrogen-bond donors (Lipinski definition) is 2. The van der Waals surface area contributed by atoms with E-state index in [4.69, 9.17) is 24.2 Å². The van der Waals surface area contributed by atoms with Gasteiger partial charge in [0.2, 0.25) is 11.7 Å². The Hall–Kier alpha value is -5.29. The number of ether oxygens (including phenoxy) is 3. The van der Waals surface area contributed by atoms with Crippen LogP contribution in [-0.4, -0.2) is 64.0 Å². The summed E-state index contributed by atoms with van der Waals surface area (Å²) < 4.78 is 36.0. The molecule has 0 aromatic heterocycles. The van der Waals surface area contributed by atoms with E-state index in [0.29, 0.717) is 36.5 Å². The molecule has 1 heterocycles. The molecule has 1 saturated carbocycles. The number of carbonyl (C=O) groups excluding carboxylic acids is 1. The molecule has 4 aromatic carbocycles. The van der Waals surface area contributed by atoms with E-state index in [1.54, 1.807) is 18.2 Å². The van der Waals surface area contributed by atoms with Crippen molar-refractivity contribution in [1.82, 2.24) is 4.90 Å². The molecule has 4 aromatic rings. The lowest BCUT2D eigenvalue weighted by Gasteiger charge is -2.60. The number of nitrogens with zero attached hydrogens (tertiary/aromatic N) is 2. The zero-order chi connectivity index (χ0) is 50.9. The summed E-state index contributed by atoms with van der Waals surface area (Å²) in [6.07, 6.45) is 19.5. The number of oxime groups is 1. The molecular formula is C62H81FN2O7. The molecule has 6 atom stereocenters. The van der Waals surface area contributed by atoms with Crippen LogP contribution in [0.1, 0.15) is 154 Å². The quantitative estimate of drug-likeness (QED) is 0.0331. The number of aliphatic hydroxyl groups is 2. The maximum absolute atomic E-state index is 15.3. The highest BCUT2D eigenvalue weighted by Gasteiger charge is 2.65. The number of unbranched alkanes of at least 4 members (excludes halogenated alkanes) is 10. The average molecular weight is 985 g/mol. The van der Waals surface area contributed by atoms with Gasteiger partial charge in [-0.15, -0.1) is 6.58 Å². The molecule has 9 nitrogen and oxygen atoms in total. The molecule has 388 valence electrons. The number of allylic oxidation sites excluding steroid dienone is 1. The number of benzene rings is 4. The first kappa shape index (κ1) is 54.5. The highest BCUT2D eigenvalue weighted by Crippen LogP contribution is 2.62. The molecule has 2 N–H and O–H groups in total. The van der Waals surface area contributed by atoms with Crippen LogP contribution in [0.2, 0.25) is 0 Å². The van der Waals surface area contributed by atoms with Gasteiger partial charge in [0.25, 0.3) is 0 Å². The third kappa shape index (κ3) is 14.1. The van der Waals surface area contributed by atoms with Crippen molar-refractivity contribution in [2.75, 3.05) is 19.8 Å². The van der Waals surface area contributed by atoms with Crippen LogP contribution in [0.25, 0.3) is 11.1 Å². The Bertz CT molecular complexity index is 2380. The van der Waals surface area contributed by atoms with E-state index in [0.717, 1.165) is 84.9 Å². The molecule has 1 fully saturated rings. The lowest BCUT2D eigenvalue weighted by molar-refractivity contribution is -0.258. The van der Waals surface area contributed by atoms with Gasteiger partial charge in [-0.2, -0.15) is 0 Å². The average Bonchev–Trinajstić information content (AvgIpc) is 3.38. The molecule has 1 amide bonds. The smallest absolute Gasteiger partial charge is 0.239 e. The van der Waals surface area contributed by atoms with Crippen LogP contribution in [0.5, 0.6) is 17.2 Å². The topological polar surface area (TPSA) is 110 Å². The standard InChI is InChI=1S/C62H81FN2O7/c1-6-8-9-10-11-12-13-14-18-27-58(68)65(44-45-28-32-49(63)33-29-45)57-43-55(64-72-61(3,4)5)53-41-48(25-19-21-38-66)52(26-20-22-39-67)59-54-42-51(36-37-56(54)71-62(57,60(53)59)69-40-7-2)70-50-34-30-47(31-35-50)46-23-16-15-17-24-46/h7,15-17,23-24,28-37,41-42,48,52,57,59-60,66-67H,2,6,8-14,18-22,25-27,38-40,43-44H2,1,3-5H3/t48-,52+,57-,59+,60+,62+/m0/s1. The largest absolute Gasteiger partial charge is 0.459 e. The van der Waals surface area contributed by atoms with Crippen molar-refractivity contribution in [3.63, 3.8) is 0 Å². The van der Waals surface area contributed by atoms with Crippen LogP contribution in [0.4, 0.5) is 4.39 Å². The van der Waals surface area contributed by atoms with Gasteiger partial charge in [0.1, 0.15) is 34.7 Å². The molecule has 2 aliphatic carbocycles. The highest BCUT2D eigenvalue weighted by molar-refractivity contribution is 6.03. The van der Waals surface area contributed by atoms with Gasteiger partial charge >= 0.3 is 0 Å². The maximum Gasteiger partial charge on any atom is 0.239 e. The van der Waals surface area contributed by atoms with Gasteiger partial charge in [0.05, 0.1) is 18.2 Å². The molecule has 3 aliphatic rings. The SMILES string of the molecule is C=CCO[C@@]12Oc3ccc(Oc4ccc(-c5ccccc5)cc4)cc3[C@H]3[C@H](CCCCO)[C@@H](CCCCO)C=C(C(=NOC(C)(C)C)C[C@@H]1N(Cc1ccc(F)cc1)C(=O)CCCCCCCCCCC)[C@H]32. The second kappa shape index (κ2) is 26.6. The minimum atomic E-state index is -1.42. The number of halogens is 1. The van der Waals surface area contributed by atoms with Crippen LogP contribution < -0.4 is 9.47 Å². The van der Waals surface area contributed by atoms with Crippen LogP contribution >= 0.6 is 0 Å². The predicted molar refractivity (Wildman–Crippen MR) is 287 cm³/mol. The summed E-state index contributed by atoms with van der Waals surface area (Å²) in [6.45, 7) is 12.8. The first-order valence-electron chi connectivity index (χ1n) is 27.1. The van der Waals surface area contributed by atoms with E-state index < -0.39 is 23.3 Å².